The average molecular weight is 304 g/mol. The van der Waals surface area contributed by atoms with Crippen LogP contribution in [0.3, 0.4) is 0 Å². The molecular weight excluding hydrogens is 284 g/mol. The summed E-state index contributed by atoms with van der Waals surface area (Å²) < 4.78 is 1.67. The Hall–Kier alpha value is -1.82. The van der Waals surface area contributed by atoms with E-state index in [4.69, 9.17) is 0 Å². The molecule has 3 rings (SSSR count). The van der Waals surface area contributed by atoms with Gasteiger partial charge in [-0.05, 0) is 43.7 Å². The SMILES string of the molecule is Cc1ccsc1C(C)Nc1cnn(CC(=O)NC2CC2)c1. The van der Waals surface area contributed by atoms with Crippen LogP contribution in [0.5, 0.6) is 0 Å². The fourth-order valence-electron chi connectivity index (χ4n) is 2.32. The van der Waals surface area contributed by atoms with Crippen LogP contribution in [0, 0.1) is 6.92 Å². The molecule has 2 heterocycles. The zero-order chi connectivity index (χ0) is 14.8. The van der Waals surface area contributed by atoms with Crippen molar-refractivity contribution < 1.29 is 4.79 Å². The van der Waals surface area contributed by atoms with Crippen molar-refractivity contribution in [2.45, 2.75) is 45.3 Å². The van der Waals surface area contributed by atoms with Gasteiger partial charge in [-0.3, -0.25) is 9.48 Å². The molecule has 1 fully saturated rings. The molecule has 1 saturated carbocycles. The van der Waals surface area contributed by atoms with Crippen molar-refractivity contribution in [3.05, 3.63) is 34.3 Å². The van der Waals surface area contributed by atoms with Crippen molar-refractivity contribution in [1.82, 2.24) is 15.1 Å². The van der Waals surface area contributed by atoms with E-state index in [9.17, 15) is 4.79 Å². The van der Waals surface area contributed by atoms with Gasteiger partial charge in [0.05, 0.1) is 17.9 Å². The van der Waals surface area contributed by atoms with Crippen molar-refractivity contribution in [2.24, 2.45) is 0 Å². The Balaban J connectivity index is 1.57. The Morgan fingerprint density at radius 2 is 2.38 bits per heavy atom. The molecule has 1 amide bonds. The topological polar surface area (TPSA) is 59.0 Å². The Morgan fingerprint density at radius 3 is 3.05 bits per heavy atom. The number of hydrogen-bond donors (Lipinski definition) is 2. The molecule has 6 heteroatoms. The molecule has 0 spiro atoms. The predicted octanol–water partition coefficient (Wildman–Crippen LogP) is 2.70. The molecule has 2 aromatic rings. The highest BCUT2D eigenvalue weighted by Gasteiger charge is 2.23. The molecule has 5 nitrogen and oxygen atoms in total. The lowest BCUT2D eigenvalue weighted by atomic mass is 10.2. The van der Waals surface area contributed by atoms with Gasteiger partial charge in [0.15, 0.2) is 0 Å². The number of aromatic nitrogens is 2. The first-order valence-electron chi connectivity index (χ1n) is 7.24. The summed E-state index contributed by atoms with van der Waals surface area (Å²) >= 11 is 1.75. The number of nitrogens with one attached hydrogen (secondary N) is 2. The maximum atomic E-state index is 11.7. The smallest absolute Gasteiger partial charge is 0.241 e. The Bertz CT molecular complexity index is 629. The van der Waals surface area contributed by atoms with Gasteiger partial charge in [0, 0.05) is 17.1 Å². The minimum atomic E-state index is 0.0364. The number of rotatable bonds is 6. The van der Waals surface area contributed by atoms with E-state index in [-0.39, 0.29) is 18.5 Å². The zero-order valence-electron chi connectivity index (χ0n) is 12.3. The molecule has 0 bridgehead atoms. The van der Waals surface area contributed by atoms with E-state index < -0.39 is 0 Å². The lowest BCUT2D eigenvalue weighted by Gasteiger charge is -2.13. The number of carbonyl (C=O) groups is 1. The molecule has 2 aromatic heterocycles. The molecule has 0 aliphatic heterocycles. The van der Waals surface area contributed by atoms with Crippen LogP contribution in [0.15, 0.2) is 23.8 Å². The number of nitrogens with zero attached hydrogens (tertiary/aromatic N) is 2. The minimum Gasteiger partial charge on any atom is -0.375 e. The van der Waals surface area contributed by atoms with Crippen LogP contribution in [0.25, 0.3) is 0 Å². The molecule has 0 saturated heterocycles. The van der Waals surface area contributed by atoms with Gasteiger partial charge < -0.3 is 10.6 Å². The fraction of sp³-hybridized carbons (Fsp3) is 0.467. The second-order valence-electron chi connectivity index (χ2n) is 5.60. The summed E-state index contributed by atoms with van der Waals surface area (Å²) in [5.74, 6) is 0.0364. The van der Waals surface area contributed by atoms with Gasteiger partial charge in [-0.1, -0.05) is 0 Å². The normalized spacial score (nSPS) is 15.7. The summed E-state index contributed by atoms with van der Waals surface area (Å²) in [5.41, 5.74) is 2.24. The van der Waals surface area contributed by atoms with Crippen LogP contribution in [-0.4, -0.2) is 21.7 Å². The van der Waals surface area contributed by atoms with E-state index in [0.717, 1.165) is 18.5 Å². The second-order valence-corrected chi connectivity index (χ2v) is 6.55. The van der Waals surface area contributed by atoms with E-state index in [0.29, 0.717) is 6.04 Å². The lowest BCUT2D eigenvalue weighted by molar-refractivity contribution is -0.122. The van der Waals surface area contributed by atoms with Crippen LogP contribution in [0.1, 0.15) is 36.2 Å². The average Bonchev–Trinajstić information content (AvgIpc) is 2.95. The van der Waals surface area contributed by atoms with E-state index in [1.807, 2.05) is 6.20 Å². The first-order valence-corrected chi connectivity index (χ1v) is 8.12. The summed E-state index contributed by atoms with van der Waals surface area (Å²) in [7, 11) is 0. The molecule has 1 aliphatic carbocycles. The molecule has 21 heavy (non-hydrogen) atoms. The van der Waals surface area contributed by atoms with Gasteiger partial charge in [0.2, 0.25) is 5.91 Å². The first-order chi connectivity index (χ1) is 10.1. The molecule has 0 aromatic carbocycles. The van der Waals surface area contributed by atoms with E-state index in [2.05, 4.69) is 41.0 Å². The number of thiophene rings is 1. The summed E-state index contributed by atoms with van der Waals surface area (Å²) in [5, 5.41) is 12.7. The Morgan fingerprint density at radius 1 is 1.57 bits per heavy atom. The number of hydrogen-bond acceptors (Lipinski definition) is 4. The molecule has 1 unspecified atom stereocenters. The Labute approximate surface area is 128 Å². The van der Waals surface area contributed by atoms with Crippen molar-refractivity contribution in [2.75, 3.05) is 5.32 Å². The maximum Gasteiger partial charge on any atom is 0.241 e. The van der Waals surface area contributed by atoms with Gasteiger partial charge in [0.25, 0.3) is 0 Å². The van der Waals surface area contributed by atoms with Gasteiger partial charge >= 0.3 is 0 Å². The van der Waals surface area contributed by atoms with Gasteiger partial charge in [-0.2, -0.15) is 5.10 Å². The standard InChI is InChI=1S/C15H20N4OS/c1-10-5-6-21-15(10)11(2)17-13-7-16-19(8-13)9-14(20)18-12-3-4-12/h5-8,11-12,17H,3-4,9H2,1-2H3,(H,18,20). The van der Waals surface area contributed by atoms with E-state index >= 15 is 0 Å². The van der Waals surface area contributed by atoms with Crippen LogP contribution >= 0.6 is 11.3 Å². The summed E-state index contributed by atoms with van der Waals surface area (Å²) in [6, 6.07) is 2.76. The number of carbonyl (C=O) groups excluding carboxylic acids is 1. The molecular formula is C15H20N4OS. The molecule has 0 radical (unpaired) electrons. The molecule has 1 atom stereocenters. The summed E-state index contributed by atoms with van der Waals surface area (Å²) in [4.78, 5) is 13.1. The summed E-state index contributed by atoms with van der Waals surface area (Å²) in [6.07, 6.45) is 5.86. The van der Waals surface area contributed by atoms with Crippen molar-refractivity contribution in [3.8, 4) is 0 Å². The van der Waals surface area contributed by atoms with Crippen molar-refractivity contribution in [3.63, 3.8) is 0 Å². The second kappa shape index (κ2) is 5.89. The highest BCUT2D eigenvalue weighted by atomic mass is 32.1. The number of aryl methyl sites for hydroxylation is 1. The maximum absolute atomic E-state index is 11.7. The molecule has 2 N–H and O–H groups in total. The minimum absolute atomic E-state index is 0.0364. The van der Waals surface area contributed by atoms with Crippen LogP contribution in [0.2, 0.25) is 0 Å². The third-order valence-electron chi connectivity index (χ3n) is 3.56. The number of anilines is 1. The van der Waals surface area contributed by atoms with Gasteiger partial charge in [0.1, 0.15) is 6.54 Å². The monoisotopic (exact) mass is 304 g/mol. The molecule has 1 aliphatic rings. The first kappa shape index (κ1) is 14.1. The highest BCUT2D eigenvalue weighted by molar-refractivity contribution is 7.10. The zero-order valence-corrected chi connectivity index (χ0v) is 13.1. The van der Waals surface area contributed by atoms with Gasteiger partial charge in [-0.25, -0.2) is 0 Å². The highest BCUT2D eigenvalue weighted by Crippen LogP contribution is 2.26. The predicted molar refractivity (Wildman–Crippen MR) is 84.5 cm³/mol. The van der Waals surface area contributed by atoms with Crippen molar-refractivity contribution in [1.29, 1.82) is 0 Å². The third kappa shape index (κ3) is 3.64. The van der Waals surface area contributed by atoms with Crippen LogP contribution in [0.4, 0.5) is 5.69 Å². The van der Waals surface area contributed by atoms with E-state index in [1.54, 1.807) is 22.2 Å². The van der Waals surface area contributed by atoms with Crippen LogP contribution < -0.4 is 10.6 Å². The Kier molecular flexibility index (Phi) is 3.96. The fourth-order valence-corrected chi connectivity index (χ4v) is 3.25. The third-order valence-corrected chi connectivity index (χ3v) is 4.76. The van der Waals surface area contributed by atoms with Crippen LogP contribution in [-0.2, 0) is 11.3 Å². The van der Waals surface area contributed by atoms with Gasteiger partial charge in [-0.15, -0.1) is 11.3 Å². The molecule has 112 valence electrons. The quantitative estimate of drug-likeness (QED) is 0.862. The van der Waals surface area contributed by atoms with E-state index in [1.165, 1.54) is 10.4 Å². The largest absolute Gasteiger partial charge is 0.375 e. The number of amides is 1. The van der Waals surface area contributed by atoms with Crippen molar-refractivity contribution >= 4 is 22.9 Å². The lowest BCUT2D eigenvalue weighted by Crippen LogP contribution is -2.29. The summed E-state index contributed by atoms with van der Waals surface area (Å²) in [6.45, 7) is 4.54.